The fourth-order valence-electron chi connectivity index (χ4n) is 3.55. The average molecular weight is 455 g/mol. The number of fused-ring (bicyclic) bond motifs is 2. The van der Waals surface area contributed by atoms with Gasteiger partial charge in [0.15, 0.2) is 5.84 Å². The fraction of sp³-hybridized carbons (Fsp3) is 0.0476. The lowest BCUT2D eigenvalue weighted by Crippen LogP contribution is -2.51. The number of halogens is 2. The Morgan fingerprint density at radius 3 is 2.54 bits per heavy atom. The lowest BCUT2D eigenvalue weighted by atomic mass is 10.00. The van der Waals surface area contributed by atoms with E-state index in [0.717, 1.165) is 15.7 Å². The normalized spacial score (nSPS) is 20.0. The Morgan fingerprint density at radius 2 is 1.79 bits per heavy atom. The van der Waals surface area contributed by atoms with Crippen molar-refractivity contribution in [1.82, 2.24) is 0 Å². The van der Waals surface area contributed by atoms with Crippen LogP contribution in [0.2, 0.25) is 5.02 Å². The maximum Gasteiger partial charge on any atom is 0.322 e. The number of amides is 1. The maximum absolute atomic E-state index is 13.2. The lowest BCUT2D eigenvalue weighted by Gasteiger charge is -2.32. The Balaban J connectivity index is 1.74. The van der Waals surface area contributed by atoms with Crippen LogP contribution in [0.1, 0.15) is 11.1 Å². The number of hydrogen-bond acceptors (Lipinski definition) is 4. The molecule has 0 unspecified atom stereocenters. The summed E-state index contributed by atoms with van der Waals surface area (Å²) in [6, 6.07) is 22.5. The molecule has 3 aromatic carbocycles. The van der Waals surface area contributed by atoms with E-state index in [-0.39, 0.29) is 5.91 Å². The molecule has 2 heterocycles. The third-order valence-electron chi connectivity index (χ3n) is 4.81. The van der Waals surface area contributed by atoms with E-state index >= 15 is 0 Å². The van der Waals surface area contributed by atoms with Crippen molar-refractivity contribution in [3.63, 3.8) is 0 Å². The second-order valence-electron chi connectivity index (χ2n) is 6.47. The molecule has 1 spiro atoms. The van der Waals surface area contributed by atoms with Crippen LogP contribution in [0.25, 0.3) is 0 Å². The van der Waals surface area contributed by atoms with Crippen molar-refractivity contribution in [1.29, 1.82) is 0 Å². The number of oxime groups is 1. The van der Waals surface area contributed by atoms with Crippen LogP contribution in [-0.2, 0) is 15.4 Å². The minimum absolute atomic E-state index is 0.301. The van der Waals surface area contributed by atoms with Gasteiger partial charge in [0.05, 0.1) is 11.3 Å². The number of amidine groups is 1. The number of nitrogens with zero attached hydrogens (tertiary/aromatic N) is 2. The van der Waals surface area contributed by atoms with Crippen LogP contribution in [0.15, 0.2) is 82.4 Å². The van der Waals surface area contributed by atoms with Gasteiger partial charge in [-0.2, -0.15) is 0 Å². The van der Waals surface area contributed by atoms with E-state index in [0.29, 0.717) is 22.1 Å². The predicted molar refractivity (Wildman–Crippen MR) is 112 cm³/mol. The first kappa shape index (κ1) is 17.3. The van der Waals surface area contributed by atoms with Crippen molar-refractivity contribution in [3.8, 4) is 0 Å². The molecule has 2 aliphatic rings. The second-order valence-corrected chi connectivity index (χ2v) is 7.82. The molecule has 0 aromatic heterocycles. The highest BCUT2D eigenvalue weighted by Gasteiger charge is 2.60. The standard InChI is InChI=1S/C21H13BrClN3O2/c22-14-6-11-18-17(12-14)21(20(27)24-18)26(16-9-7-15(23)8-10-16)19(25-28-21)13-4-2-1-3-5-13/h1-12H,(H,24,27)/t21-/m0/s1. The molecule has 2 aliphatic heterocycles. The number of nitrogens with one attached hydrogen (secondary N) is 1. The van der Waals surface area contributed by atoms with Gasteiger partial charge in [-0.15, -0.1) is 0 Å². The largest absolute Gasteiger partial charge is 0.349 e. The topological polar surface area (TPSA) is 53.9 Å². The summed E-state index contributed by atoms with van der Waals surface area (Å²) >= 11 is 9.58. The van der Waals surface area contributed by atoms with Gasteiger partial charge in [0.2, 0.25) is 0 Å². The number of carbonyl (C=O) groups excluding carboxylic acids is 1. The first-order valence-electron chi connectivity index (χ1n) is 8.58. The van der Waals surface area contributed by atoms with E-state index < -0.39 is 5.72 Å². The molecule has 1 atom stereocenters. The number of benzene rings is 3. The molecule has 1 N–H and O–H groups in total. The summed E-state index contributed by atoms with van der Waals surface area (Å²) < 4.78 is 0.843. The van der Waals surface area contributed by atoms with Gasteiger partial charge in [-0.1, -0.05) is 63.0 Å². The quantitative estimate of drug-likeness (QED) is 0.586. The first-order chi connectivity index (χ1) is 13.6. The van der Waals surface area contributed by atoms with E-state index in [4.69, 9.17) is 16.4 Å². The van der Waals surface area contributed by atoms with Gasteiger partial charge >= 0.3 is 5.72 Å². The summed E-state index contributed by atoms with van der Waals surface area (Å²) in [5, 5.41) is 7.86. The van der Waals surface area contributed by atoms with E-state index in [1.54, 1.807) is 12.1 Å². The Morgan fingerprint density at radius 1 is 1.04 bits per heavy atom. The Kier molecular flexibility index (Phi) is 3.92. The summed E-state index contributed by atoms with van der Waals surface area (Å²) in [7, 11) is 0. The van der Waals surface area contributed by atoms with Gasteiger partial charge in [-0.05, 0) is 42.5 Å². The highest BCUT2D eigenvalue weighted by atomic mass is 79.9. The van der Waals surface area contributed by atoms with Crippen molar-refractivity contribution in [2.24, 2.45) is 5.16 Å². The van der Waals surface area contributed by atoms with Crippen LogP contribution < -0.4 is 10.2 Å². The predicted octanol–water partition coefficient (Wildman–Crippen LogP) is 5.11. The van der Waals surface area contributed by atoms with Crippen LogP contribution in [0.5, 0.6) is 0 Å². The lowest BCUT2D eigenvalue weighted by molar-refractivity contribution is -0.137. The number of carbonyl (C=O) groups is 1. The molecular weight excluding hydrogens is 442 g/mol. The fourth-order valence-corrected chi connectivity index (χ4v) is 4.04. The van der Waals surface area contributed by atoms with Crippen molar-refractivity contribution in [3.05, 3.63) is 93.4 Å². The highest BCUT2D eigenvalue weighted by molar-refractivity contribution is 9.10. The summed E-state index contributed by atoms with van der Waals surface area (Å²) in [4.78, 5) is 20.9. The van der Waals surface area contributed by atoms with E-state index in [1.165, 1.54) is 0 Å². The molecule has 0 aliphatic carbocycles. The minimum Gasteiger partial charge on any atom is -0.349 e. The number of rotatable bonds is 2. The molecule has 1 amide bonds. The molecule has 3 aromatic rings. The van der Waals surface area contributed by atoms with Crippen LogP contribution >= 0.6 is 27.5 Å². The molecule has 28 heavy (non-hydrogen) atoms. The van der Waals surface area contributed by atoms with Crippen molar-refractivity contribution in [2.45, 2.75) is 5.72 Å². The first-order valence-corrected chi connectivity index (χ1v) is 9.75. The van der Waals surface area contributed by atoms with Gasteiger partial charge in [0.1, 0.15) is 0 Å². The average Bonchev–Trinajstić information content (AvgIpc) is 3.23. The van der Waals surface area contributed by atoms with Crippen LogP contribution in [0, 0.1) is 0 Å². The molecular formula is C21H13BrClN3O2. The van der Waals surface area contributed by atoms with Crippen molar-refractivity contribution in [2.75, 3.05) is 10.2 Å². The van der Waals surface area contributed by atoms with Crippen molar-refractivity contribution < 1.29 is 9.63 Å². The Hall–Kier alpha value is -2.83. The maximum atomic E-state index is 13.2. The number of hydrogen-bond donors (Lipinski definition) is 1. The summed E-state index contributed by atoms with van der Waals surface area (Å²) in [6.45, 7) is 0. The molecule has 0 fully saturated rings. The zero-order valence-electron chi connectivity index (χ0n) is 14.4. The minimum atomic E-state index is -1.43. The summed E-state index contributed by atoms with van der Waals surface area (Å²) in [5.41, 5.74) is 1.53. The third-order valence-corrected chi connectivity index (χ3v) is 5.56. The van der Waals surface area contributed by atoms with E-state index in [9.17, 15) is 4.79 Å². The van der Waals surface area contributed by atoms with Crippen LogP contribution in [0.4, 0.5) is 11.4 Å². The molecule has 7 heteroatoms. The highest BCUT2D eigenvalue weighted by Crippen LogP contribution is 2.48. The molecule has 5 rings (SSSR count). The molecule has 5 nitrogen and oxygen atoms in total. The van der Waals surface area contributed by atoms with Gasteiger partial charge in [0, 0.05) is 20.7 Å². The molecule has 0 saturated heterocycles. The zero-order valence-corrected chi connectivity index (χ0v) is 16.7. The summed E-state index contributed by atoms with van der Waals surface area (Å²) in [6.07, 6.45) is 0. The van der Waals surface area contributed by atoms with Gasteiger partial charge in [0.25, 0.3) is 5.91 Å². The third kappa shape index (κ3) is 2.45. The van der Waals surface area contributed by atoms with E-state index in [1.807, 2.05) is 65.6 Å². The molecule has 0 radical (unpaired) electrons. The summed E-state index contributed by atoms with van der Waals surface area (Å²) in [5.74, 6) is 0.246. The monoisotopic (exact) mass is 453 g/mol. The second kappa shape index (κ2) is 6.36. The zero-order chi connectivity index (χ0) is 19.3. The van der Waals surface area contributed by atoms with E-state index in [2.05, 4.69) is 26.4 Å². The Bertz CT molecular complexity index is 1120. The molecule has 138 valence electrons. The van der Waals surface area contributed by atoms with Crippen LogP contribution in [0.3, 0.4) is 0 Å². The van der Waals surface area contributed by atoms with Crippen LogP contribution in [-0.4, -0.2) is 11.7 Å². The molecule has 0 saturated carbocycles. The van der Waals surface area contributed by atoms with Gasteiger partial charge in [-0.25, -0.2) is 0 Å². The smallest absolute Gasteiger partial charge is 0.322 e. The molecule has 0 bridgehead atoms. The Labute approximate surface area is 174 Å². The SMILES string of the molecule is O=C1Nc2ccc(Br)cc2[C@]12ON=C(c1ccccc1)N2c1ccc(Cl)cc1. The number of anilines is 2. The van der Waals surface area contributed by atoms with Gasteiger partial charge in [-0.3, -0.25) is 9.69 Å². The van der Waals surface area contributed by atoms with Gasteiger partial charge < -0.3 is 10.2 Å². The van der Waals surface area contributed by atoms with Crippen molar-refractivity contribution >= 4 is 50.6 Å².